The lowest BCUT2D eigenvalue weighted by Gasteiger charge is -2.22. The highest BCUT2D eigenvalue weighted by Crippen LogP contribution is 2.31. The molecular weight excluding hydrogens is 361 g/mol. The van der Waals surface area contributed by atoms with E-state index in [1.165, 1.54) is 6.07 Å². The van der Waals surface area contributed by atoms with Gasteiger partial charge in [0.05, 0.1) is 11.2 Å². The maximum Gasteiger partial charge on any atom is 0.416 e. The van der Waals surface area contributed by atoms with Gasteiger partial charge in [-0.2, -0.15) is 13.2 Å². The number of anilines is 1. The monoisotopic (exact) mass is 378 g/mol. The number of benzene rings is 2. The first-order valence-electron chi connectivity index (χ1n) is 8.22. The molecule has 0 spiro atoms. The summed E-state index contributed by atoms with van der Waals surface area (Å²) < 4.78 is 38.1. The molecule has 2 amide bonds. The standard InChI is InChI=1S/C19H17F3N2O3/c20-19(21,22)14-6-3-7-15(8-14)24-17(26)16(25)23-11-18(27)9-12-4-1-2-5-13(12)10-18/h1-8,27H,9-11H2,(H,23,25)(H,24,26). The quantitative estimate of drug-likeness (QED) is 0.717. The van der Waals surface area contributed by atoms with Gasteiger partial charge in [0.1, 0.15) is 0 Å². The van der Waals surface area contributed by atoms with Gasteiger partial charge in [-0.1, -0.05) is 30.3 Å². The van der Waals surface area contributed by atoms with Gasteiger partial charge < -0.3 is 15.7 Å². The number of halogens is 3. The van der Waals surface area contributed by atoms with E-state index in [9.17, 15) is 27.9 Å². The number of hydrogen-bond donors (Lipinski definition) is 3. The average Bonchev–Trinajstić information content (AvgIpc) is 2.95. The van der Waals surface area contributed by atoms with Crippen molar-refractivity contribution < 1.29 is 27.9 Å². The highest BCUT2D eigenvalue weighted by molar-refractivity contribution is 6.39. The molecule has 3 N–H and O–H groups in total. The van der Waals surface area contributed by atoms with E-state index < -0.39 is 29.2 Å². The van der Waals surface area contributed by atoms with Crippen molar-refractivity contribution >= 4 is 17.5 Å². The van der Waals surface area contributed by atoms with Crippen LogP contribution in [0.4, 0.5) is 18.9 Å². The van der Waals surface area contributed by atoms with Crippen LogP contribution in [0, 0.1) is 0 Å². The molecule has 5 nitrogen and oxygen atoms in total. The number of aliphatic hydroxyl groups is 1. The van der Waals surface area contributed by atoms with E-state index in [1.54, 1.807) is 0 Å². The Balaban J connectivity index is 1.57. The number of fused-ring (bicyclic) bond motifs is 1. The Morgan fingerprint density at radius 1 is 1.00 bits per heavy atom. The third-order valence-electron chi connectivity index (χ3n) is 4.39. The molecule has 3 rings (SSSR count). The molecule has 0 atom stereocenters. The molecule has 0 aromatic heterocycles. The molecule has 0 heterocycles. The van der Waals surface area contributed by atoms with Crippen LogP contribution in [-0.4, -0.2) is 29.1 Å². The van der Waals surface area contributed by atoms with Gasteiger partial charge in [0.25, 0.3) is 0 Å². The molecule has 0 aliphatic heterocycles. The van der Waals surface area contributed by atoms with Gasteiger partial charge in [0.2, 0.25) is 0 Å². The summed E-state index contributed by atoms with van der Waals surface area (Å²) in [4.78, 5) is 23.9. The lowest BCUT2D eigenvalue weighted by atomic mass is 10.0. The van der Waals surface area contributed by atoms with Crippen molar-refractivity contribution in [2.24, 2.45) is 0 Å². The molecular formula is C19H17F3N2O3. The maximum atomic E-state index is 12.7. The highest BCUT2D eigenvalue weighted by atomic mass is 19.4. The fraction of sp³-hybridized carbons (Fsp3) is 0.263. The minimum atomic E-state index is -4.55. The number of rotatable bonds is 3. The zero-order valence-electron chi connectivity index (χ0n) is 14.1. The molecule has 0 fully saturated rings. The summed E-state index contributed by atoms with van der Waals surface area (Å²) in [5, 5.41) is 15.1. The highest BCUT2D eigenvalue weighted by Gasteiger charge is 2.35. The molecule has 142 valence electrons. The summed E-state index contributed by atoms with van der Waals surface area (Å²) in [5.41, 5.74) is -0.323. The normalized spacial score (nSPS) is 15.1. The molecule has 0 unspecified atom stereocenters. The third kappa shape index (κ3) is 4.46. The summed E-state index contributed by atoms with van der Waals surface area (Å²) >= 11 is 0. The van der Waals surface area contributed by atoms with Gasteiger partial charge in [0.15, 0.2) is 0 Å². The topological polar surface area (TPSA) is 78.4 Å². The number of alkyl halides is 3. The zero-order valence-corrected chi connectivity index (χ0v) is 14.1. The lowest BCUT2D eigenvalue weighted by molar-refractivity contribution is -0.137. The van der Waals surface area contributed by atoms with Crippen LogP contribution in [0.25, 0.3) is 0 Å². The molecule has 27 heavy (non-hydrogen) atoms. The number of carbonyl (C=O) groups is 2. The largest absolute Gasteiger partial charge is 0.416 e. The predicted molar refractivity (Wildman–Crippen MR) is 91.9 cm³/mol. The Morgan fingerprint density at radius 3 is 2.22 bits per heavy atom. The molecule has 0 bridgehead atoms. The van der Waals surface area contributed by atoms with E-state index in [0.717, 1.165) is 29.3 Å². The maximum absolute atomic E-state index is 12.7. The second-order valence-corrected chi connectivity index (χ2v) is 6.56. The summed E-state index contributed by atoms with van der Waals surface area (Å²) in [6.07, 6.45) is -3.86. The molecule has 0 saturated heterocycles. The fourth-order valence-electron chi connectivity index (χ4n) is 3.09. The first kappa shape index (κ1) is 18.9. The molecule has 0 radical (unpaired) electrons. The second-order valence-electron chi connectivity index (χ2n) is 6.56. The first-order valence-corrected chi connectivity index (χ1v) is 8.22. The fourth-order valence-corrected chi connectivity index (χ4v) is 3.09. The minimum absolute atomic E-state index is 0.142. The summed E-state index contributed by atoms with van der Waals surface area (Å²) in [5.74, 6) is -2.13. The second kappa shape index (κ2) is 7.03. The molecule has 0 saturated carbocycles. The van der Waals surface area contributed by atoms with Crippen molar-refractivity contribution in [3.63, 3.8) is 0 Å². The van der Waals surface area contributed by atoms with Gasteiger partial charge in [0, 0.05) is 25.1 Å². The van der Waals surface area contributed by atoms with Crippen LogP contribution >= 0.6 is 0 Å². The molecule has 8 heteroatoms. The zero-order chi connectivity index (χ0) is 19.7. The van der Waals surface area contributed by atoms with Crippen LogP contribution < -0.4 is 10.6 Å². The smallest absolute Gasteiger partial charge is 0.387 e. The Kier molecular flexibility index (Phi) is 4.93. The van der Waals surface area contributed by atoms with E-state index in [1.807, 2.05) is 24.3 Å². The van der Waals surface area contributed by atoms with Gasteiger partial charge >= 0.3 is 18.0 Å². The number of nitrogens with one attached hydrogen (secondary N) is 2. The summed E-state index contributed by atoms with van der Waals surface area (Å²) in [6.45, 7) is -0.142. The SMILES string of the molecule is O=C(NCC1(O)Cc2ccccc2C1)C(=O)Nc1cccc(C(F)(F)F)c1. The number of amides is 2. The van der Waals surface area contributed by atoms with E-state index in [0.29, 0.717) is 12.8 Å². The molecule has 1 aliphatic rings. The van der Waals surface area contributed by atoms with Crippen LogP contribution in [-0.2, 0) is 28.6 Å². The van der Waals surface area contributed by atoms with Crippen LogP contribution in [0.15, 0.2) is 48.5 Å². The van der Waals surface area contributed by atoms with Crippen molar-refractivity contribution in [2.45, 2.75) is 24.6 Å². The minimum Gasteiger partial charge on any atom is -0.387 e. The summed E-state index contributed by atoms with van der Waals surface area (Å²) in [7, 11) is 0. The van der Waals surface area contributed by atoms with E-state index >= 15 is 0 Å². The Morgan fingerprint density at radius 2 is 1.63 bits per heavy atom. The van der Waals surface area contributed by atoms with Gasteiger partial charge in [-0.25, -0.2) is 0 Å². The molecule has 2 aromatic rings. The van der Waals surface area contributed by atoms with Crippen molar-refractivity contribution in [1.82, 2.24) is 5.32 Å². The van der Waals surface area contributed by atoms with Gasteiger partial charge in [-0.3, -0.25) is 9.59 Å². The van der Waals surface area contributed by atoms with E-state index in [-0.39, 0.29) is 12.2 Å². The predicted octanol–water partition coefficient (Wildman–Crippen LogP) is 2.29. The van der Waals surface area contributed by atoms with Crippen LogP contribution in [0.3, 0.4) is 0 Å². The van der Waals surface area contributed by atoms with Crippen LogP contribution in [0.5, 0.6) is 0 Å². The molecule has 1 aliphatic carbocycles. The Bertz CT molecular complexity index is 855. The summed E-state index contributed by atoms with van der Waals surface area (Å²) in [6, 6.07) is 11.5. The average molecular weight is 378 g/mol. The third-order valence-corrected chi connectivity index (χ3v) is 4.39. The number of hydrogen-bond acceptors (Lipinski definition) is 3. The molecule has 2 aromatic carbocycles. The van der Waals surface area contributed by atoms with Gasteiger partial charge in [-0.15, -0.1) is 0 Å². The van der Waals surface area contributed by atoms with Crippen molar-refractivity contribution in [3.05, 3.63) is 65.2 Å². The van der Waals surface area contributed by atoms with Crippen molar-refractivity contribution in [2.75, 3.05) is 11.9 Å². The van der Waals surface area contributed by atoms with E-state index in [2.05, 4.69) is 10.6 Å². The lowest BCUT2D eigenvalue weighted by Crippen LogP contribution is -2.46. The van der Waals surface area contributed by atoms with Crippen molar-refractivity contribution in [1.29, 1.82) is 0 Å². The van der Waals surface area contributed by atoms with Crippen LogP contribution in [0.1, 0.15) is 16.7 Å². The van der Waals surface area contributed by atoms with Gasteiger partial charge in [-0.05, 0) is 29.3 Å². The van der Waals surface area contributed by atoms with E-state index in [4.69, 9.17) is 0 Å². The Labute approximate surface area is 153 Å². The first-order chi connectivity index (χ1) is 12.7. The van der Waals surface area contributed by atoms with Crippen molar-refractivity contribution in [3.8, 4) is 0 Å². The number of carbonyl (C=O) groups excluding carboxylic acids is 2. The Hall–Kier alpha value is -2.87. The van der Waals surface area contributed by atoms with Crippen LogP contribution in [0.2, 0.25) is 0 Å².